The van der Waals surface area contributed by atoms with E-state index in [9.17, 15) is 13.2 Å². The molecular weight excluding hydrogens is 439 g/mol. The highest BCUT2D eigenvalue weighted by atomic mass is 32.1. The number of rotatable bonds is 5. The van der Waals surface area contributed by atoms with E-state index in [4.69, 9.17) is 4.74 Å². The molecule has 4 aromatic rings. The number of nitrogens with zero attached hydrogens (tertiary/aromatic N) is 3. The number of nitrogens with one attached hydrogen (secondary N) is 2. The second-order valence-corrected chi connectivity index (χ2v) is 8.28. The van der Waals surface area contributed by atoms with Gasteiger partial charge in [-0.25, -0.2) is 28.1 Å². The SMILES string of the molecule is Fc1cc(Nc2ncc3cc(-c4nccs4)c(OC4CCNCC4)cc3n2)cc(F)c1F. The Kier molecular flexibility index (Phi) is 5.62. The fourth-order valence-corrected chi connectivity index (χ4v) is 4.25. The van der Waals surface area contributed by atoms with Crippen molar-refractivity contribution in [1.29, 1.82) is 0 Å². The number of hydrogen-bond donors (Lipinski definition) is 2. The summed E-state index contributed by atoms with van der Waals surface area (Å²) in [5.74, 6) is -3.32. The van der Waals surface area contributed by atoms with Crippen LogP contribution >= 0.6 is 11.3 Å². The van der Waals surface area contributed by atoms with Crippen LogP contribution in [0.25, 0.3) is 21.5 Å². The van der Waals surface area contributed by atoms with Crippen molar-refractivity contribution in [2.45, 2.75) is 18.9 Å². The quantitative estimate of drug-likeness (QED) is 0.409. The first-order valence-electron chi connectivity index (χ1n) is 10.1. The fraction of sp³-hybridized carbons (Fsp3) is 0.227. The van der Waals surface area contributed by atoms with Crippen molar-refractivity contribution in [2.24, 2.45) is 0 Å². The Balaban J connectivity index is 1.51. The number of piperidine rings is 1. The van der Waals surface area contributed by atoms with Crippen LogP contribution in [-0.4, -0.2) is 34.1 Å². The molecular formula is C22H18F3N5OS. The first kappa shape index (κ1) is 20.7. The van der Waals surface area contributed by atoms with Gasteiger partial charge in [0.05, 0.1) is 11.1 Å². The molecule has 2 aromatic carbocycles. The molecule has 0 aliphatic carbocycles. The number of benzene rings is 2. The Bertz CT molecular complexity index is 1240. The Labute approximate surface area is 185 Å². The van der Waals surface area contributed by atoms with E-state index in [1.165, 1.54) is 11.3 Å². The van der Waals surface area contributed by atoms with Gasteiger partial charge in [0.2, 0.25) is 5.95 Å². The minimum Gasteiger partial charge on any atom is -0.490 e. The molecule has 3 heterocycles. The number of halogens is 3. The maximum absolute atomic E-state index is 13.5. The number of hydrogen-bond acceptors (Lipinski definition) is 7. The normalized spacial score (nSPS) is 14.6. The summed E-state index contributed by atoms with van der Waals surface area (Å²) in [5.41, 5.74) is 1.46. The lowest BCUT2D eigenvalue weighted by molar-refractivity contribution is 0.163. The molecule has 5 rings (SSSR count). The van der Waals surface area contributed by atoms with Crippen LogP contribution in [0.2, 0.25) is 0 Å². The minimum absolute atomic E-state index is 0.00587. The van der Waals surface area contributed by atoms with Crippen LogP contribution in [0.15, 0.2) is 42.0 Å². The van der Waals surface area contributed by atoms with Gasteiger partial charge >= 0.3 is 0 Å². The van der Waals surface area contributed by atoms with Crippen LogP contribution in [0, 0.1) is 17.5 Å². The summed E-state index contributed by atoms with van der Waals surface area (Å²) in [6.45, 7) is 1.79. The highest BCUT2D eigenvalue weighted by Crippen LogP contribution is 2.36. The Morgan fingerprint density at radius 1 is 1.03 bits per heavy atom. The zero-order valence-corrected chi connectivity index (χ0v) is 17.6. The zero-order valence-electron chi connectivity index (χ0n) is 16.7. The van der Waals surface area contributed by atoms with E-state index in [0.29, 0.717) is 11.3 Å². The van der Waals surface area contributed by atoms with E-state index in [-0.39, 0.29) is 17.7 Å². The predicted octanol–water partition coefficient (Wildman–Crippen LogP) is 5.05. The summed E-state index contributed by atoms with van der Waals surface area (Å²) in [6, 6.07) is 5.45. The number of ether oxygens (including phenoxy) is 1. The van der Waals surface area contributed by atoms with Crippen LogP contribution in [0.3, 0.4) is 0 Å². The van der Waals surface area contributed by atoms with Crippen LogP contribution in [0.4, 0.5) is 24.8 Å². The summed E-state index contributed by atoms with van der Waals surface area (Å²) < 4.78 is 46.6. The molecule has 1 aliphatic heterocycles. The first-order valence-corrected chi connectivity index (χ1v) is 10.9. The van der Waals surface area contributed by atoms with Crippen LogP contribution in [-0.2, 0) is 0 Å². The molecule has 32 heavy (non-hydrogen) atoms. The van der Waals surface area contributed by atoms with Crippen molar-refractivity contribution >= 4 is 33.9 Å². The van der Waals surface area contributed by atoms with Crippen LogP contribution in [0.5, 0.6) is 5.75 Å². The van der Waals surface area contributed by atoms with Crippen LogP contribution in [0.1, 0.15) is 12.8 Å². The molecule has 0 unspecified atom stereocenters. The molecule has 164 valence electrons. The van der Waals surface area contributed by atoms with Gasteiger partial charge in [-0.3, -0.25) is 0 Å². The van der Waals surface area contributed by atoms with E-state index in [0.717, 1.165) is 54.0 Å². The van der Waals surface area contributed by atoms with Gasteiger partial charge < -0.3 is 15.4 Å². The molecule has 1 saturated heterocycles. The number of thiazole rings is 1. The molecule has 0 saturated carbocycles. The number of aromatic nitrogens is 3. The molecule has 1 fully saturated rings. The van der Waals surface area contributed by atoms with Gasteiger partial charge in [0.1, 0.15) is 16.9 Å². The molecule has 0 atom stereocenters. The standard InChI is InChI=1S/C22H18F3N5OS/c23-16-8-13(9-17(24)20(16)25)29-22-28-11-12-7-15(21-27-5-6-32-21)19(10-18(12)30-22)31-14-1-3-26-4-2-14/h5-11,14,26H,1-4H2,(H,28,29,30). The van der Waals surface area contributed by atoms with Gasteiger partial charge in [-0.2, -0.15) is 0 Å². The molecule has 0 bridgehead atoms. The second kappa shape index (κ2) is 8.71. The van der Waals surface area contributed by atoms with Gasteiger partial charge in [0.25, 0.3) is 0 Å². The molecule has 6 nitrogen and oxygen atoms in total. The average Bonchev–Trinajstić information content (AvgIpc) is 3.32. The van der Waals surface area contributed by atoms with Crippen molar-refractivity contribution < 1.29 is 17.9 Å². The van der Waals surface area contributed by atoms with Gasteiger partial charge in [0.15, 0.2) is 17.5 Å². The molecule has 0 spiro atoms. The lowest BCUT2D eigenvalue weighted by Crippen LogP contribution is -2.34. The van der Waals surface area contributed by atoms with E-state index < -0.39 is 17.5 Å². The second-order valence-electron chi connectivity index (χ2n) is 7.38. The number of anilines is 2. The van der Waals surface area contributed by atoms with Crippen molar-refractivity contribution in [3.05, 3.63) is 59.5 Å². The first-order chi connectivity index (χ1) is 15.6. The third-order valence-corrected chi connectivity index (χ3v) is 5.97. The maximum Gasteiger partial charge on any atom is 0.227 e. The van der Waals surface area contributed by atoms with Gasteiger partial charge in [-0.15, -0.1) is 11.3 Å². The van der Waals surface area contributed by atoms with E-state index in [1.807, 2.05) is 17.5 Å². The summed E-state index contributed by atoms with van der Waals surface area (Å²) >= 11 is 1.51. The van der Waals surface area contributed by atoms with E-state index in [2.05, 4.69) is 25.6 Å². The molecule has 1 aliphatic rings. The third-order valence-electron chi connectivity index (χ3n) is 5.16. The third kappa shape index (κ3) is 4.23. The Morgan fingerprint density at radius 3 is 2.53 bits per heavy atom. The molecule has 0 radical (unpaired) electrons. The highest BCUT2D eigenvalue weighted by molar-refractivity contribution is 7.13. The van der Waals surface area contributed by atoms with Crippen molar-refractivity contribution in [3.63, 3.8) is 0 Å². The van der Waals surface area contributed by atoms with Crippen molar-refractivity contribution in [2.75, 3.05) is 18.4 Å². The predicted molar refractivity (Wildman–Crippen MR) is 117 cm³/mol. The summed E-state index contributed by atoms with van der Waals surface area (Å²) in [5, 5.41) is 9.53. The lowest BCUT2D eigenvalue weighted by Gasteiger charge is -2.25. The largest absolute Gasteiger partial charge is 0.490 e. The number of fused-ring (bicyclic) bond motifs is 1. The minimum atomic E-state index is -1.52. The molecule has 10 heteroatoms. The molecule has 2 N–H and O–H groups in total. The summed E-state index contributed by atoms with van der Waals surface area (Å²) in [7, 11) is 0. The summed E-state index contributed by atoms with van der Waals surface area (Å²) in [6.07, 6.45) is 5.22. The average molecular weight is 457 g/mol. The highest BCUT2D eigenvalue weighted by Gasteiger charge is 2.19. The molecule has 0 amide bonds. The molecule has 2 aromatic heterocycles. The zero-order chi connectivity index (χ0) is 22.1. The van der Waals surface area contributed by atoms with Gasteiger partial charge in [-0.1, -0.05) is 0 Å². The van der Waals surface area contributed by atoms with Crippen LogP contribution < -0.4 is 15.4 Å². The van der Waals surface area contributed by atoms with E-state index in [1.54, 1.807) is 12.4 Å². The Morgan fingerprint density at radius 2 is 1.81 bits per heavy atom. The monoisotopic (exact) mass is 457 g/mol. The fourth-order valence-electron chi connectivity index (χ4n) is 3.59. The topological polar surface area (TPSA) is 72.0 Å². The maximum atomic E-state index is 13.5. The van der Waals surface area contributed by atoms with Gasteiger partial charge in [-0.05, 0) is 32.0 Å². The van der Waals surface area contributed by atoms with E-state index >= 15 is 0 Å². The van der Waals surface area contributed by atoms with Crippen molar-refractivity contribution in [1.82, 2.24) is 20.3 Å². The van der Waals surface area contributed by atoms with Gasteiger partial charge in [0, 0.05) is 47.0 Å². The van der Waals surface area contributed by atoms with Crippen molar-refractivity contribution in [3.8, 4) is 16.3 Å². The Hall–Kier alpha value is -3.24. The smallest absolute Gasteiger partial charge is 0.227 e. The lowest BCUT2D eigenvalue weighted by atomic mass is 10.1. The summed E-state index contributed by atoms with van der Waals surface area (Å²) in [4.78, 5) is 13.1.